The number of carbonyl (C=O) groups excluding carboxylic acids is 3. The van der Waals surface area contributed by atoms with Gasteiger partial charge in [-0.05, 0) is 38.2 Å². The fourth-order valence-electron chi connectivity index (χ4n) is 2.24. The predicted octanol–water partition coefficient (Wildman–Crippen LogP) is 0.576. The van der Waals surface area contributed by atoms with E-state index in [1.165, 1.54) is 0 Å². The number of carbonyl (C=O) groups is 3. The molecule has 0 aliphatic carbocycles. The first kappa shape index (κ1) is 17.0. The van der Waals surface area contributed by atoms with Crippen LogP contribution in [0.3, 0.4) is 0 Å². The quantitative estimate of drug-likeness (QED) is 0.651. The number of piperazine rings is 1. The van der Waals surface area contributed by atoms with Gasteiger partial charge >= 0.3 is 17.8 Å². The highest BCUT2D eigenvalue weighted by molar-refractivity contribution is 6.39. The van der Waals surface area contributed by atoms with Gasteiger partial charge in [0.05, 0.1) is 12.2 Å². The molecule has 23 heavy (non-hydrogen) atoms. The van der Waals surface area contributed by atoms with Crippen molar-refractivity contribution in [2.45, 2.75) is 6.92 Å². The van der Waals surface area contributed by atoms with E-state index in [1.807, 2.05) is 7.05 Å². The maximum atomic E-state index is 12.1. The predicted molar refractivity (Wildman–Crippen MR) is 85.1 cm³/mol. The van der Waals surface area contributed by atoms with Crippen molar-refractivity contribution in [2.75, 3.05) is 45.2 Å². The van der Waals surface area contributed by atoms with E-state index in [1.54, 1.807) is 36.1 Å². The minimum absolute atomic E-state index is 0.302. The molecule has 1 aromatic rings. The van der Waals surface area contributed by atoms with Gasteiger partial charge in [-0.3, -0.25) is 9.59 Å². The first-order chi connectivity index (χ1) is 11.0. The number of hydrogen-bond acceptors (Lipinski definition) is 5. The molecule has 1 heterocycles. The second-order valence-electron chi connectivity index (χ2n) is 5.35. The molecule has 0 spiro atoms. The summed E-state index contributed by atoms with van der Waals surface area (Å²) < 4.78 is 4.88. The Balaban J connectivity index is 1.92. The zero-order valence-corrected chi connectivity index (χ0v) is 13.4. The van der Waals surface area contributed by atoms with Crippen molar-refractivity contribution in [3.8, 4) is 0 Å². The third-order valence-corrected chi connectivity index (χ3v) is 3.64. The molecule has 1 N–H and O–H groups in total. The second-order valence-corrected chi connectivity index (χ2v) is 5.35. The minimum Gasteiger partial charge on any atom is -0.462 e. The number of nitrogens with zero attached hydrogens (tertiary/aromatic N) is 2. The summed E-state index contributed by atoms with van der Waals surface area (Å²) in [4.78, 5) is 39.3. The summed E-state index contributed by atoms with van der Waals surface area (Å²) in [5, 5.41) is 2.55. The molecule has 1 aliphatic heterocycles. The van der Waals surface area contributed by atoms with Crippen molar-refractivity contribution < 1.29 is 19.1 Å². The van der Waals surface area contributed by atoms with Crippen LogP contribution in [-0.4, -0.2) is 67.4 Å². The van der Waals surface area contributed by atoms with Crippen molar-refractivity contribution in [1.29, 1.82) is 0 Å². The Kier molecular flexibility index (Phi) is 5.70. The van der Waals surface area contributed by atoms with E-state index in [4.69, 9.17) is 4.74 Å². The standard InChI is InChI=1S/C16H21N3O4/c1-3-23-16(22)12-4-6-13(7-5-12)17-14(20)15(21)19-10-8-18(2)9-11-19/h4-7H,3,8-11H2,1-2H3,(H,17,20). The Morgan fingerprint density at radius 1 is 1.09 bits per heavy atom. The molecule has 7 nitrogen and oxygen atoms in total. The number of likely N-dealkylation sites (N-methyl/N-ethyl adjacent to an activating group) is 1. The molecule has 0 saturated carbocycles. The van der Waals surface area contributed by atoms with Gasteiger partial charge < -0.3 is 19.9 Å². The Labute approximate surface area is 135 Å². The zero-order valence-electron chi connectivity index (χ0n) is 13.4. The lowest BCUT2D eigenvalue weighted by molar-refractivity contribution is -0.144. The normalized spacial score (nSPS) is 15.1. The van der Waals surface area contributed by atoms with Crippen LogP contribution in [0.4, 0.5) is 5.69 Å². The van der Waals surface area contributed by atoms with Gasteiger partial charge in [0.2, 0.25) is 0 Å². The van der Waals surface area contributed by atoms with Crippen LogP contribution in [0.15, 0.2) is 24.3 Å². The molecule has 0 bridgehead atoms. The summed E-state index contributed by atoms with van der Waals surface area (Å²) in [6.45, 7) is 4.64. The highest BCUT2D eigenvalue weighted by Crippen LogP contribution is 2.11. The maximum Gasteiger partial charge on any atom is 0.338 e. The summed E-state index contributed by atoms with van der Waals surface area (Å²) in [6.07, 6.45) is 0. The van der Waals surface area contributed by atoms with E-state index in [0.717, 1.165) is 13.1 Å². The van der Waals surface area contributed by atoms with Gasteiger partial charge in [-0.15, -0.1) is 0 Å². The van der Waals surface area contributed by atoms with Crippen molar-refractivity contribution in [1.82, 2.24) is 9.80 Å². The van der Waals surface area contributed by atoms with E-state index in [-0.39, 0.29) is 0 Å². The zero-order chi connectivity index (χ0) is 16.8. The Morgan fingerprint density at radius 2 is 1.70 bits per heavy atom. The van der Waals surface area contributed by atoms with Gasteiger partial charge in [0.1, 0.15) is 0 Å². The van der Waals surface area contributed by atoms with Gasteiger partial charge in [-0.25, -0.2) is 4.79 Å². The van der Waals surface area contributed by atoms with E-state index in [9.17, 15) is 14.4 Å². The number of esters is 1. The summed E-state index contributed by atoms with van der Waals surface area (Å²) >= 11 is 0. The number of benzene rings is 1. The lowest BCUT2D eigenvalue weighted by Crippen LogP contribution is -2.50. The highest BCUT2D eigenvalue weighted by atomic mass is 16.5. The Hall–Kier alpha value is -2.41. The van der Waals surface area contributed by atoms with Gasteiger partial charge in [0.25, 0.3) is 0 Å². The number of nitrogens with one attached hydrogen (secondary N) is 1. The smallest absolute Gasteiger partial charge is 0.338 e. The summed E-state index contributed by atoms with van der Waals surface area (Å²) in [5.41, 5.74) is 0.862. The van der Waals surface area contributed by atoms with Crippen LogP contribution in [-0.2, 0) is 14.3 Å². The van der Waals surface area contributed by atoms with Crippen LogP contribution in [0.25, 0.3) is 0 Å². The van der Waals surface area contributed by atoms with Crippen molar-refractivity contribution in [2.24, 2.45) is 0 Å². The highest BCUT2D eigenvalue weighted by Gasteiger charge is 2.24. The fourth-order valence-corrected chi connectivity index (χ4v) is 2.24. The molecule has 1 fully saturated rings. The molecule has 2 rings (SSSR count). The average Bonchev–Trinajstić information content (AvgIpc) is 2.55. The summed E-state index contributed by atoms with van der Waals surface area (Å²) in [6, 6.07) is 6.24. The van der Waals surface area contributed by atoms with Gasteiger partial charge in [0.15, 0.2) is 0 Å². The lowest BCUT2D eigenvalue weighted by Gasteiger charge is -2.31. The third kappa shape index (κ3) is 4.53. The first-order valence-electron chi connectivity index (χ1n) is 7.57. The molecule has 124 valence electrons. The number of rotatable bonds is 3. The van der Waals surface area contributed by atoms with Crippen LogP contribution in [0.2, 0.25) is 0 Å². The monoisotopic (exact) mass is 319 g/mol. The minimum atomic E-state index is -0.668. The number of amides is 2. The van der Waals surface area contributed by atoms with Crippen molar-refractivity contribution in [3.63, 3.8) is 0 Å². The number of anilines is 1. The van der Waals surface area contributed by atoms with Crippen molar-refractivity contribution >= 4 is 23.5 Å². The SMILES string of the molecule is CCOC(=O)c1ccc(NC(=O)C(=O)N2CCN(C)CC2)cc1. The van der Waals surface area contributed by atoms with Crippen LogP contribution < -0.4 is 5.32 Å². The van der Waals surface area contributed by atoms with Crippen LogP contribution in [0.5, 0.6) is 0 Å². The Morgan fingerprint density at radius 3 is 2.26 bits per heavy atom. The van der Waals surface area contributed by atoms with Gasteiger partial charge in [-0.1, -0.05) is 0 Å². The molecule has 1 saturated heterocycles. The maximum absolute atomic E-state index is 12.1. The molecule has 0 aromatic heterocycles. The molecule has 0 radical (unpaired) electrons. The molecule has 0 atom stereocenters. The number of ether oxygens (including phenoxy) is 1. The summed E-state index contributed by atoms with van der Waals surface area (Å²) in [5.74, 6) is -1.62. The Bertz CT molecular complexity index is 577. The second kappa shape index (κ2) is 7.73. The van der Waals surface area contributed by atoms with Gasteiger partial charge in [-0.2, -0.15) is 0 Å². The number of hydrogen-bond donors (Lipinski definition) is 1. The molecule has 0 unspecified atom stereocenters. The average molecular weight is 319 g/mol. The van der Waals surface area contributed by atoms with E-state index < -0.39 is 17.8 Å². The summed E-state index contributed by atoms with van der Waals surface area (Å²) in [7, 11) is 1.98. The molecular formula is C16H21N3O4. The van der Waals surface area contributed by atoms with Crippen molar-refractivity contribution in [3.05, 3.63) is 29.8 Å². The molecule has 2 amide bonds. The molecule has 1 aromatic carbocycles. The van der Waals surface area contributed by atoms with Gasteiger partial charge in [0, 0.05) is 31.9 Å². The molecule has 7 heteroatoms. The van der Waals surface area contributed by atoms with Crippen LogP contribution in [0, 0.1) is 0 Å². The lowest BCUT2D eigenvalue weighted by atomic mass is 10.2. The van der Waals surface area contributed by atoms with E-state index in [2.05, 4.69) is 10.2 Å². The van der Waals surface area contributed by atoms with Crippen LogP contribution in [0.1, 0.15) is 17.3 Å². The largest absolute Gasteiger partial charge is 0.462 e. The first-order valence-corrected chi connectivity index (χ1v) is 7.57. The van der Waals surface area contributed by atoms with E-state index >= 15 is 0 Å². The third-order valence-electron chi connectivity index (χ3n) is 3.64. The topological polar surface area (TPSA) is 78.9 Å². The fraction of sp³-hybridized carbons (Fsp3) is 0.438. The van der Waals surface area contributed by atoms with E-state index in [0.29, 0.717) is 30.9 Å². The van der Waals surface area contributed by atoms with Crippen LogP contribution >= 0.6 is 0 Å². The molecular weight excluding hydrogens is 298 g/mol. The molecule has 1 aliphatic rings.